The molecule has 0 atom stereocenters. The Labute approximate surface area is 111 Å². The smallest absolute Gasteiger partial charge is 0.0992 e. The molecule has 0 spiro atoms. The van der Waals surface area contributed by atoms with Gasteiger partial charge in [-0.15, -0.1) is 11.8 Å². The molecule has 0 saturated carbocycles. The lowest BCUT2D eigenvalue weighted by Gasteiger charge is -1.95. The highest BCUT2D eigenvalue weighted by molar-refractivity contribution is 7.98. The van der Waals surface area contributed by atoms with Crippen LogP contribution in [0.2, 0.25) is 0 Å². The minimum absolute atomic E-state index is 0.623. The molecule has 0 unspecified atom stereocenters. The average Bonchev–Trinajstić information content (AvgIpc) is 2.45. The molecule has 1 heterocycles. The molecule has 0 aliphatic heterocycles. The summed E-state index contributed by atoms with van der Waals surface area (Å²) < 4.78 is 0. The standard InChI is InChI=1S/C15H10N2S/c1-18-15-8-14(10-17-11-15)6-5-12-3-2-4-13(7-12)9-16/h2-4,7-8,10-11H,1H3. The van der Waals surface area contributed by atoms with Crippen LogP contribution in [0.4, 0.5) is 0 Å². The molecule has 1 aromatic heterocycles. The van der Waals surface area contributed by atoms with Crippen molar-refractivity contribution in [3.63, 3.8) is 0 Å². The third-order valence-corrected chi connectivity index (χ3v) is 2.99. The van der Waals surface area contributed by atoms with Crippen molar-refractivity contribution in [3.8, 4) is 17.9 Å². The minimum atomic E-state index is 0.623. The van der Waals surface area contributed by atoms with Gasteiger partial charge in [-0.3, -0.25) is 4.98 Å². The fraction of sp³-hybridized carbons (Fsp3) is 0.0667. The minimum Gasteiger partial charge on any atom is -0.262 e. The molecule has 0 amide bonds. The summed E-state index contributed by atoms with van der Waals surface area (Å²) in [5, 5.41) is 8.80. The van der Waals surface area contributed by atoms with Gasteiger partial charge in [0.2, 0.25) is 0 Å². The Bertz CT molecular complexity index is 660. The van der Waals surface area contributed by atoms with E-state index in [1.807, 2.05) is 30.7 Å². The van der Waals surface area contributed by atoms with Gasteiger partial charge in [-0.25, -0.2) is 0 Å². The Morgan fingerprint density at radius 1 is 1.06 bits per heavy atom. The summed E-state index contributed by atoms with van der Waals surface area (Å²) in [7, 11) is 0. The third kappa shape index (κ3) is 3.13. The summed E-state index contributed by atoms with van der Waals surface area (Å²) in [6.45, 7) is 0. The van der Waals surface area contributed by atoms with Gasteiger partial charge in [0.05, 0.1) is 11.6 Å². The summed E-state index contributed by atoms with van der Waals surface area (Å²) in [5.74, 6) is 6.09. The van der Waals surface area contributed by atoms with Crippen LogP contribution in [-0.4, -0.2) is 11.2 Å². The predicted molar refractivity (Wildman–Crippen MR) is 73.2 cm³/mol. The van der Waals surface area contributed by atoms with Crippen LogP contribution in [0.3, 0.4) is 0 Å². The number of thioether (sulfide) groups is 1. The molecule has 0 fully saturated rings. The zero-order chi connectivity index (χ0) is 12.8. The molecule has 2 aromatic rings. The Morgan fingerprint density at radius 2 is 1.83 bits per heavy atom. The number of pyridine rings is 1. The van der Waals surface area contributed by atoms with E-state index >= 15 is 0 Å². The van der Waals surface area contributed by atoms with Gasteiger partial charge in [0.25, 0.3) is 0 Å². The topological polar surface area (TPSA) is 36.7 Å². The van der Waals surface area contributed by atoms with E-state index in [1.54, 1.807) is 30.1 Å². The van der Waals surface area contributed by atoms with Crippen molar-refractivity contribution in [3.05, 3.63) is 59.4 Å². The third-order valence-electron chi connectivity index (χ3n) is 2.29. The van der Waals surface area contributed by atoms with Crippen LogP contribution < -0.4 is 0 Å². The Kier molecular flexibility index (Phi) is 4.02. The molecular formula is C15H10N2S. The molecule has 18 heavy (non-hydrogen) atoms. The average molecular weight is 250 g/mol. The fourth-order valence-electron chi connectivity index (χ4n) is 1.41. The summed E-state index contributed by atoms with van der Waals surface area (Å²) in [4.78, 5) is 5.22. The first-order valence-electron chi connectivity index (χ1n) is 5.33. The lowest BCUT2D eigenvalue weighted by Crippen LogP contribution is -1.81. The van der Waals surface area contributed by atoms with Crippen molar-refractivity contribution in [2.24, 2.45) is 0 Å². The van der Waals surface area contributed by atoms with Gasteiger partial charge in [-0.05, 0) is 30.5 Å². The maximum absolute atomic E-state index is 8.80. The van der Waals surface area contributed by atoms with Crippen molar-refractivity contribution in [2.45, 2.75) is 4.90 Å². The molecule has 0 aliphatic rings. The quantitative estimate of drug-likeness (QED) is 0.576. The monoisotopic (exact) mass is 250 g/mol. The highest BCUT2D eigenvalue weighted by Crippen LogP contribution is 2.13. The molecule has 86 valence electrons. The molecule has 0 aliphatic carbocycles. The molecule has 0 bridgehead atoms. The number of rotatable bonds is 1. The van der Waals surface area contributed by atoms with Crippen LogP contribution in [-0.2, 0) is 0 Å². The molecule has 1 aromatic carbocycles. The molecule has 0 saturated heterocycles. The summed E-state index contributed by atoms with van der Waals surface area (Å²) in [6, 6.07) is 11.4. The van der Waals surface area contributed by atoms with E-state index in [2.05, 4.69) is 22.9 Å². The second-order valence-corrected chi connectivity index (χ2v) is 4.44. The highest BCUT2D eigenvalue weighted by Gasteiger charge is 1.93. The first kappa shape index (κ1) is 12.2. The summed E-state index contributed by atoms with van der Waals surface area (Å²) in [6.07, 6.45) is 5.55. The number of aromatic nitrogens is 1. The largest absolute Gasteiger partial charge is 0.262 e. The zero-order valence-corrected chi connectivity index (χ0v) is 10.7. The van der Waals surface area contributed by atoms with Crippen molar-refractivity contribution in [1.82, 2.24) is 4.98 Å². The fourth-order valence-corrected chi connectivity index (χ4v) is 1.82. The highest BCUT2D eigenvalue weighted by atomic mass is 32.2. The lowest BCUT2D eigenvalue weighted by molar-refractivity contribution is 1.23. The molecule has 3 heteroatoms. The van der Waals surface area contributed by atoms with Crippen LogP contribution in [0, 0.1) is 23.2 Å². The summed E-state index contributed by atoms with van der Waals surface area (Å²) in [5.41, 5.74) is 2.34. The van der Waals surface area contributed by atoms with Crippen LogP contribution >= 0.6 is 11.8 Å². The first-order valence-corrected chi connectivity index (χ1v) is 6.55. The Hall–Kier alpha value is -2.23. The number of nitriles is 1. The van der Waals surface area contributed by atoms with Gasteiger partial charge < -0.3 is 0 Å². The molecule has 0 N–H and O–H groups in total. The SMILES string of the molecule is CSc1cncc(C#Cc2cccc(C#N)c2)c1. The second kappa shape index (κ2) is 5.91. The van der Waals surface area contributed by atoms with Crippen molar-refractivity contribution >= 4 is 11.8 Å². The molecular weight excluding hydrogens is 240 g/mol. The van der Waals surface area contributed by atoms with E-state index in [1.165, 1.54) is 0 Å². The first-order chi connectivity index (χ1) is 8.81. The second-order valence-electron chi connectivity index (χ2n) is 3.56. The number of nitrogens with zero attached hydrogens (tertiary/aromatic N) is 2. The molecule has 2 rings (SSSR count). The Morgan fingerprint density at radius 3 is 2.61 bits per heavy atom. The predicted octanol–water partition coefficient (Wildman–Crippen LogP) is 3.07. The lowest BCUT2D eigenvalue weighted by atomic mass is 10.1. The number of hydrogen-bond acceptors (Lipinski definition) is 3. The van der Waals surface area contributed by atoms with Gasteiger partial charge in [0.15, 0.2) is 0 Å². The van der Waals surface area contributed by atoms with Crippen LogP contribution in [0.1, 0.15) is 16.7 Å². The van der Waals surface area contributed by atoms with Crippen molar-refractivity contribution < 1.29 is 0 Å². The van der Waals surface area contributed by atoms with Crippen LogP contribution in [0.5, 0.6) is 0 Å². The van der Waals surface area contributed by atoms with E-state index in [9.17, 15) is 0 Å². The maximum Gasteiger partial charge on any atom is 0.0992 e. The molecule has 0 radical (unpaired) electrons. The zero-order valence-electron chi connectivity index (χ0n) is 9.84. The maximum atomic E-state index is 8.80. The van der Waals surface area contributed by atoms with Gasteiger partial charge in [-0.2, -0.15) is 5.26 Å². The number of hydrogen-bond donors (Lipinski definition) is 0. The van der Waals surface area contributed by atoms with Gasteiger partial charge in [0.1, 0.15) is 0 Å². The molecule has 2 nitrogen and oxygen atoms in total. The van der Waals surface area contributed by atoms with Crippen LogP contribution in [0.25, 0.3) is 0 Å². The number of benzene rings is 1. The van der Waals surface area contributed by atoms with Crippen molar-refractivity contribution in [2.75, 3.05) is 6.26 Å². The van der Waals surface area contributed by atoms with Gasteiger partial charge >= 0.3 is 0 Å². The van der Waals surface area contributed by atoms with E-state index in [-0.39, 0.29) is 0 Å². The van der Waals surface area contributed by atoms with Gasteiger partial charge in [-0.1, -0.05) is 17.9 Å². The normalized spacial score (nSPS) is 9.11. The van der Waals surface area contributed by atoms with Gasteiger partial charge in [0, 0.05) is 28.4 Å². The van der Waals surface area contributed by atoms with Crippen LogP contribution in [0.15, 0.2) is 47.6 Å². The van der Waals surface area contributed by atoms with E-state index in [0.29, 0.717) is 5.56 Å². The Balaban J connectivity index is 2.28. The van der Waals surface area contributed by atoms with E-state index in [4.69, 9.17) is 5.26 Å². The summed E-state index contributed by atoms with van der Waals surface area (Å²) >= 11 is 1.64. The van der Waals surface area contributed by atoms with E-state index in [0.717, 1.165) is 16.0 Å². The van der Waals surface area contributed by atoms with E-state index < -0.39 is 0 Å². The van der Waals surface area contributed by atoms with Crippen molar-refractivity contribution in [1.29, 1.82) is 5.26 Å².